The minimum atomic E-state index is -0.421. The summed E-state index contributed by atoms with van der Waals surface area (Å²) in [5.41, 5.74) is 0.459. The van der Waals surface area contributed by atoms with E-state index in [4.69, 9.17) is 0 Å². The van der Waals surface area contributed by atoms with Gasteiger partial charge in [-0.3, -0.25) is 0 Å². The van der Waals surface area contributed by atoms with Crippen LogP contribution in [0.2, 0.25) is 13.1 Å². The van der Waals surface area contributed by atoms with Crippen LogP contribution in [0.4, 0.5) is 0 Å². The monoisotopic (exact) mass is 129 g/mol. The molecule has 0 aliphatic heterocycles. The minimum absolute atomic E-state index is 0.421. The first-order valence-corrected chi connectivity index (χ1v) is 6.25. The van der Waals surface area contributed by atoms with Gasteiger partial charge in [-0.15, -0.1) is 0 Å². The van der Waals surface area contributed by atoms with Crippen molar-refractivity contribution in [3.63, 3.8) is 0 Å². The van der Waals surface area contributed by atoms with Gasteiger partial charge in [-0.1, -0.05) is 33.9 Å². The molecule has 0 saturated heterocycles. The molecule has 8 heavy (non-hydrogen) atoms. The Morgan fingerprint density at radius 1 is 1.12 bits per heavy atom. The number of hydrogen-bond donors (Lipinski definition) is 0. The smallest absolute Gasteiger partial charge is 0.0343 e. The third kappa shape index (κ3) is 6.22. The first-order chi connectivity index (χ1) is 3.42. The van der Waals surface area contributed by atoms with Gasteiger partial charge < -0.3 is 0 Å². The molecule has 49 valence electrons. The minimum Gasteiger partial charge on any atom is -0.0720 e. The second kappa shape index (κ2) is 2.67. The summed E-state index contributed by atoms with van der Waals surface area (Å²) in [4.78, 5) is 0. The third-order valence-corrected chi connectivity index (χ3v) is 2.50. The van der Waals surface area contributed by atoms with Crippen LogP contribution in [-0.4, -0.2) is 8.80 Å². The molecule has 0 unspecified atom stereocenters. The predicted octanol–water partition coefficient (Wildman–Crippen LogP) is 2.26. The molecule has 0 atom stereocenters. The molecule has 0 saturated carbocycles. The van der Waals surface area contributed by atoms with E-state index < -0.39 is 8.80 Å². The Kier molecular flexibility index (Phi) is 2.74. The van der Waals surface area contributed by atoms with E-state index in [1.807, 2.05) is 0 Å². The first-order valence-electron chi connectivity index (χ1n) is 3.28. The Hall–Kier alpha value is 0.217. The van der Waals surface area contributed by atoms with E-state index in [1.165, 1.54) is 0 Å². The average Bonchev–Trinajstić information content (AvgIpc) is 1.21. The van der Waals surface area contributed by atoms with Gasteiger partial charge in [0.05, 0.1) is 0 Å². The molecule has 0 bridgehead atoms. The van der Waals surface area contributed by atoms with Crippen LogP contribution in [0.15, 0.2) is 0 Å². The lowest BCUT2D eigenvalue weighted by molar-refractivity contribution is 0.521. The van der Waals surface area contributed by atoms with E-state index >= 15 is 0 Å². The summed E-state index contributed by atoms with van der Waals surface area (Å²) in [6.45, 7) is 11.5. The zero-order chi connectivity index (χ0) is 6.78. The molecule has 0 N–H and O–H groups in total. The maximum absolute atomic E-state index is 2.49. The molecule has 0 spiro atoms. The third-order valence-electron chi connectivity index (χ3n) is 0.833. The summed E-state index contributed by atoms with van der Waals surface area (Å²) in [6.07, 6.45) is 0. The fourth-order valence-corrected chi connectivity index (χ4v) is 3.00. The standard InChI is InChI=1S/C7H17Si/c1-7(2,3)6-8(4)5/h6,8H,1-5H3. The van der Waals surface area contributed by atoms with E-state index in [2.05, 4.69) is 39.9 Å². The zero-order valence-corrected chi connectivity index (χ0v) is 7.81. The lowest BCUT2D eigenvalue weighted by Crippen LogP contribution is -2.16. The summed E-state index contributed by atoms with van der Waals surface area (Å²) in [7, 11) is -0.421. The number of hydrogen-bond acceptors (Lipinski definition) is 0. The van der Waals surface area contributed by atoms with Gasteiger partial charge in [-0.25, -0.2) is 0 Å². The maximum atomic E-state index is 2.49. The molecule has 0 nitrogen and oxygen atoms in total. The van der Waals surface area contributed by atoms with Gasteiger partial charge >= 0.3 is 0 Å². The van der Waals surface area contributed by atoms with Crippen molar-refractivity contribution < 1.29 is 0 Å². The van der Waals surface area contributed by atoms with Gasteiger partial charge in [0.1, 0.15) is 0 Å². The van der Waals surface area contributed by atoms with Crippen molar-refractivity contribution in [2.24, 2.45) is 5.41 Å². The summed E-state index contributed by atoms with van der Waals surface area (Å²) >= 11 is 0. The van der Waals surface area contributed by atoms with Crippen molar-refractivity contribution in [3.8, 4) is 0 Å². The summed E-state index contributed by atoms with van der Waals surface area (Å²) in [5, 5.41) is 0. The van der Waals surface area contributed by atoms with Crippen molar-refractivity contribution >= 4 is 8.80 Å². The maximum Gasteiger partial charge on any atom is 0.0343 e. The molecule has 0 amide bonds. The summed E-state index contributed by atoms with van der Waals surface area (Å²) < 4.78 is 0. The quantitative estimate of drug-likeness (QED) is 0.476. The SMILES string of the molecule is C[SiH](C)[CH]C(C)(C)C. The van der Waals surface area contributed by atoms with Gasteiger partial charge in [-0.2, -0.15) is 0 Å². The van der Waals surface area contributed by atoms with Gasteiger partial charge in [0.25, 0.3) is 0 Å². The van der Waals surface area contributed by atoms with Crippen molar-refractivity contribution in [1.29, 1.82) is 0 Å². The van der Waals surface area contributed by atoms with Crippen LogP contribution in [-0.2, 0) is 0 Å². The topological polar surface area (TPSA) is 0 Å². The van der Waals surface area contributed by atoms with Crippen molar-refractivity contribution in [1.82, 2.24) is 0 Å². The molecule has 0 aromatic heterocycles. The Balaban J connectivity index is 3.39. The lowest BCUT2D eigenvalue weighted by Gasteiger charge is -2.18. The Morgan fingerprint density at radius 2 is 1.50 bits per heavy atom. The molecule has 0 aliphatic carbocycles. The van der Waals surface area contributed by atoms with E-state index in [0.29, 0.717) is 5.41 Å². The largest absolute Gasteiger partial charge is 0.0720 e. The molecule has 1 radical (unpaired) electrons. The van der Waals surface area contributed by atoms with Gasteiger partial charge in [0, 0.05) is 8.80 Å². The van der Waals surface area contributed by atoms with E-state index in [1.54, 1.807) is 0 Å². The predicted molar refractivity (Wildman–Crippen MR) is 42.6 cm³/mol. The van der Waals surface area contributed by atoms with Crippen LogP contribution in [0.25, 0.3) is 0 Å². The highest BCUT2D eigenvalue weighted by atomic mass is 28.3. The van der Waals surface area contributed by atoms with Gasteiger partial charge in [0.2, 0.25) is 0 Å². The van der Waals surface area contributed by atoms with Gasteiger partial charge in [0.15, 0.2) is 0 Å². The normalized spacial score (nSPS) is 12.8. The van der Waals surface area contributed by atoms with Crippen LogP contribution >= 0.6 is 0 Å². The van der Waals surface area contributed by atoms with E-state index in [9.17, 15) is 0 Å². The molecule has 0 fully saturated rings. The zero-order valence-electron chi connectivity index (χ0n) is 6.65. The Bertz CT molecular complexity index is 59.3. The molecular formula is C7H17Si. The second-order valence-corrected chi connectivity index (χ2v) is 6.60. The molecule has 0 rings (SSSR count). The summed E-state index contributed by atoms with van der Waals surface area (Å²) in [5.74, 6) is 0. The van der Waals surface area contributed by atoms with E-state index in [0.717, 1.165) is 0 Å². The van der Waals surface area contributed by atoms with Crippen LogP contribution < -0.4 is 0 Å². The molecule has 0 aromatic rings. The Morgan fingerprint density at radius 3 is 1.50 bits per heavy atom. The summed E-state index contributed by atoms with van der Waals surface area (Å²) in [6, 6.07) is 2.49. The lowest BCUT2D eigenvalue weighted by atomic mass is 10.0. The molecule has 0 heterocycles. The molecule has 1 heteroatoms. The van der Waals surface area contributed by atoms with Gasteiger partial charge in [-0.05, 0) is 11.5 Å². The average molecular weight is 129 g/mol. The highest BCUT2D eigenvalue weighted by Crippen LogP contribution is 2.18. The highest BCUT2D eigenvalue weighted by Gasteiger charge is 2.12. The Labute approximate surface area is 54.9 Å². The molecular weight excluding hydrogens is 112 g/mol. The molecule has 0 aromatic carbocycles. The second-order valence-electron chi connectivity index (χ2n) is 3.78. The van der Waals surface area contributed by atoms with Crippen LogP contribution in [0.3, 0.4) is 0 Å². The van der Waals surface area contributed by atoms with Crippen molar-refractivity contribution in [2.45, 2.75) is 33.9 Å². The first kappa shape index (κ1) is 8.22. The fraction of sp³-hybridized carbons (Fsp3) is 0.857. The highest BCUT2D eigenvalue weighted by molar-refractivity contribution is 6.59. The van der Waals surface area contributed by atoms with Crippen LogP contribution in [0.5, 0.6) is 0 Å². The van der Waals surface area contributed by atoms with Crippen molar-refractivity contribution in [3.05, 3.63) is 6.04 Å². The van der Waals surface area contributed by atoms with Crippen molar-refractivity contribution in [2.75, 3.05) is 0 Å². The fourth-order valence-electron chi connectivity index (χ4n) is 1.00. The van der Waals surface area contributed by atoms with E-state index in [-0.39, 0.29) is 0 Å². The molecule has 0 aliphatic rings. The van der Waals surface area contributed by atoms with Crippen LogP contribution in [0, 0.1) is 11.5 Å². The number of rotatable bonds is 1. The van der Waals surface area contributed by atoms with Crippen LogP contribution in [0.1, 0.15) is 20.8 Å².